The van der Waals surface area contributed by atoms with Gasteiger partial charge in [-0.3, -0.25) is 14.5 Å². The van der Waals surface area contributed by atoms with E-state index in [1.807, 2.05) is 49.5 Å². The maximum absolute atomic E-state index is 12.8. The first-order valence-corrected chi connectivity index (χ1v) is 8.64. The molecule has 1 N–H and O–H groups in total. The van der Waals surface area contributed by atoms with Crippen LogP contribution in [-0.4, -0.2) is 54.6 Å². The van der Waals surface area contributed by atoms with Crippen LogP contribution in [0.2, 0.25) is 0 Å². The highest BCUT2D eigenvalue weighted by Gasteiger charge is 2.35. The first-order valence-electron chi connectivity index (χ1n) is 8.64. The summed E-state index contributed by atoms with van der Waals surface area (Å²) in [5.74, 6) is -0.856. The molecule has 2 amide bonds. The molecule has 0 radical (unpaired) electrons. The van der Waals surface area contributed by atoms with Crippen LogP contribution in [-0.2, 0) is 9.59 Å². The first-order chi connectivity index (χ1) is 12.2. The van der Waals surface area contributed by atoms with Crippen molar-refractivity contribution < 1.29 is 22.8 Å². The lowest BCUT2D eigenvalue weighted by molar-refractivity contribution is -0.141. The molecule has 5 nitrogen and oxygen atoms in total. The predicted octanol–water partition coefficient (Wildman–Crippen LogP) is 2.57. The second-order valence-corrected chi connectivity index (χ2v) is 6.65. The van der Waals surface area contributed by atoms with Gasteiger partial charge >= 0.3 is 6.18 Å². The summed E-state index contributed by atoms with van der Waals surface area (Å²) in [6.07, 6.45) is -3.33. The Kier molecular flexibility index (Phi) is 6.63. The quantitative estimate of drug-likeness (QED) is 0.836. The molecule has 1 heterocycles. The molecule has 0 aromatic heterocycles. The number of para-hydroxylation sites is 1. The fourth-order valence-electron chi connectivity index (χ4n) is 3.19. The first kappa shape index (κ1) is 20.2. The van der Waals surface area contributed by atoms with E-state index in [4.69, 9.17) is 0 Å². The van der Waals surface area contributed by atoms with Gasteiger partial charge in [0.15, 0.2) is 0 Å². The molecule has 1 fully saturated rings. The lowest BCUT2D eigenvalue weighted by Gasteiger charge is -2.30. The van der Waals surface area contributed by atoms with Crippen LogP contribution in [0.5, 0.6) is 0 Å². The van der Waals surface area contributed by atoms with Gasteiger partial charge in [0.2, 0.25) is 11.8 Å². The van der Waals surface area contributed by atoms with E-state index in [0.717, 1.165) is 5.69 Å². The van der Waals surface area contributed by atoms with Crippen molar-refractivity contribution in [2.45, 2.75) is 44.9 Å². The molecule has 1 aliphatic heterocycles. The van der Waals surface area contributed by atoms with Gasteiger partial charge in [0, 0.05) is 11.7 Å². The molecule has 0 bridgehead atoms. The number of likely N-dealkylation sites (tertiary alicyclic amines) is 1. The Labute approximate surface area is 151 Å². The van der Waals surface area contributed by atoms with Gasteiger partial charge in [-0.05, 0) is 45.4 Å². The SMILES string of the molecule is CC(C)N(C(=O)CN1CCCC1C(=O)NCC(F)(F)F)c1ccccc1. The van der Waals surface area contributed by atoms with Crippen LogP contribution in [0.25, 0.3) is 0 Å². The number of hydrogen-bond donors (Lipinski definition) is 1. The molecule has 1 aromatic carbocycles. The van der Waals surface area contributed by atoms with Crippen molar-refractivity contribution in [1.29, 1.82) is 0 Å². The van der Waals surface area contributed by atoms with Crippen molar-refractivity contribution in [3.8, 4) is 0 Å². The van der Waals surface area contributed by atoms with Gasteiger partial charge in [0.05, 0.1) is 12.6 Å². The fourth-order valence-corrected chi connectivity index (χ4v) is 3.19. The minimum Gasteiger partial charge on any atom is -0.346 e. The van der Waals surface area contributed by atoms with Crippen LogP contribution in [0.3, 0.4) is 0 Å². The second kappa shape index (κ2) is 8.53. The highest BCUT2D eigenvalue weighted by molar-refractivity contribution is 5.95. The normalized spacial score (nSPS) is 18.2. The third-order valence-corrected chi connectivity index (χ3v) is 4.29. The molecular formula is C18H24F3N3O2. The minimum absolute atomic E-state index is 0.00280. The van der Waals surface area contributed by atoms with E-state index in [1.165, 1.54) is 0 Å². The van der Waals surface area contributed by atoms with Crippen molar-refractivity contribution in [2.24, 2.45) is 0 Å². The molecule has 8 heteroatoms. The van der Waals surface area contributed by atoms with Gasteiger partial charge in [-0.25, -0.2) is 0 Å². The summed E-state index contributed by atoms with van der Waals surface area (Å²) in [5, 5.41) is 1.92. The molecule has 1 saturated heterocycles. The summed E-state index contributed by atoms with van der Waals surface area (Å²) in [6, 6.07) is 8.40. The van der Waals surface area contributed by atoms with Gasteiger partial charge in [-0.1, -0.05) is 18.2 Å². The second-order valence-electron chi connectivity index (χ2n) is 6.65. The van der Waals surface area contributed by atoms with Gasteiger partial charge in [0.25, 0.3) is 0 Å². The third kappa shape index (κ3) is 5.45. The van der Waals surface area contributed by atoms with Crippen molar-refractivity contribution in [1.82, 2.24) is 10.2 Å². The predicted molar refractivity (Wildman–Crippen MR) is 92.7 cm³/mol. The van der Waals surface area contributed by atoms with Crippen LogP contribution in [0, 0.1) is 0 Å². The van der Waals surface area contributed by atoms with E-state index < -0.39 is 24.7 Å². The summed E-state index contributed by atoms with van der Waals surface area (Å²) >= 11 is 0. The monoisotopic (exact) mass is 371 g/mol. The molecule has 1 aliphatic rings. The number of halogens is 3. The van der Waals surface area contributed by atoms with Crippen molar-refractivity contribution >= 4 is 17.5 Å². The number of alkyl halides is 3. The van der Waals surface area contributed by atoms with E-state index in [-0.39, 0.29) is 18.5 Å². The number of anilines is 1. The lowest BCUT2D eigenvalue weighted by atomic mass is 10.2. The van der Waals surface area contributed by atoms with Crippen LogP contribution < -0.4 is 10.2 Å². The molecule has 144 valence electrons. The molecule has 0 aliphatic carbocycles. The average Bonchev–Trinajstić information content (AvgIpc) is 3.01. The van der Waals surface area contributed by atoms with E-state index in [1.54, 1.807) is 9.80 Å². The zero-order chi connectivity index (χ0) is 19.3. The molecule has 2 rings (SSSR count). The third-order valence-electron chi connectivity index (χ3n) is 4.29. The number of amides is 2. The Morgan fingerprint density at radius 2 is 1.92 bits per heavy atom. The topological polar surface area (TPSA) is 52.7 Å². The minimum atomic E-state index is -4.45. The van der Waals surface area contributed by atoms with E-state index in [9.17, 15) is 22.8 Å². The maximum atomic E-state index is 12.8. The van der Waals surface area contributed by atoms with Crippen LogP contribution in [0.15, 0.2) is 30.3 Å². The van der Waals surface area contributed by atoms with E-state index in [2.05, 4.69) is 0 Å². The Morgan fingerprint density at radius 3 is 2.50 bits per heavy atom. The highest BCUT2D eigenvalue weighted by atomic mass is 19.4. The summed E-state index contributed by atoms with van der Waals surface area (Å²) < 4.78 is 36.9. The lowest BCUT2D eigenvalue weighted by Crippen LogP contribution is -2.50. The molecular weight excluding hydrogens is 347 g/mol. The summed E-state index contributed by atoms with van der Waals surface area (Å²) in [6.45, 7) is 2.94. The van der Waals surface area contributed by atoms with Crippen LogP contribution in [0.1, 0.15) is 26.7 Å². The number of nitrogens with zero attached hydrogens (tertiary/aromatic N) is 2. The van der Waals surface area contributed by atoms with E-state index in [0.29, 0.717) is 19.4 Å². The molecule has 1 atom stereocenters. The highest BCUT2D eigenvalue weighted by Crippen LogP contribution is 2.21. The largest absolute Gasteiger partial charge is 0.405 e. The van der Waals surface area contributed by atoms with Crippen LogP contribution in [0.4, 0.5) is 18.9 Å². The fraction of sp³-hybridized carbons (Fsp3) is 0.556. The summed E-state index contributed by atoms with van der Waals surface area (Å²) in [4.78, 5) is 28.2. The molecule has 1 unspecified atom stereocenters. The Morgan fingerprint density at radius 1 is 1.27 bits per heavy atom. The zero-order valence-corrected chi connectivity index (χ0v) is 14.9. The average molecular weight is 371 g/mol. The Balaban J connectivity index is 2.03. The Bertz CT molecular complexity index is 620. The van der Waals surface area contributed by atoms with Gasteiger partial charge in [-0.2, -0.15) is 13.2 Å². The van der Waals surface area contributed by atoms with Crippen LogP contribution >= 0.6 is 0 Å². The smallest absolute Gasteiger partial charge is 0.346 e. The number of benzene rings is 1. The standard InChI is InChI=1S/C18H24F3N3O2/c1-13(2)24(14-7-4-3-5-8-14)16(25)11-23-10-6-9-15(23)17(26)22-12-18(19,20)21/h3-5,7-8,13,15H,6,9-12H2,1-2H3,(H,22,26). The molecule has 0 spiro atoms. The molecule has 1 aromatic rings. The van der Waals surface area contributed by atoms with Crippen molar-refractivity contribution in [3.63, 3.8) is 0 Å². The number of carbonyl (C=O) groups excluding carboxylic acids is 2. The number of carbonyl (C=O) groups is 2. The number of rotatable bonds is 6. The number of hydrogen-bond acceptors (Lipinski definition) is 3. The van der Waals surface area contributed by atoms with Gasteiger partial charge in [0.1, 0.15) is 6.54 Å². The molecule has 0 saturated carbocycles. The zero-order valence-electron chi connectivity index (χ0n) is 14.9. The Hall–Kier alpha value is -2.09. The maximum Gasteiger partial charge on any atom is 0.405 e. The van der Waals surface area contributed by atoms with Crippen molar-refractivity contribution in [2.75, 3.05) is 24.5 Å². The van der Waals surface area contributed by atoms with E-state index >= 15 is 0 Å². The summed E-state index contributed by atoms with van der Waals surface area (Å²) in [7, 11) is 0. The van der Waals surface area contributed by atoms with Gasteiger partial charge < -0.3 is 10.2 Å². The van der Waals surface area contributed by atoms with Gasteiger partial charge in [-0.15, -0.1) is 0 Å². The number of nitrogens with one attached hydrogen (secondary N) is 1. The van der Waals surface area contributed by atoms with Crippen molar-refractivity contribution in [3.05, 3.63) is 30.3 Å². The molecule has 26 heavy (non-hydrogen) atoms. The summed E-state index contributed by atoms with van der Waals surface area (Å²) in [5.41, 5.74) is 0.754.